The number of halogens is 2. The summed E-state index contributed by atoms with van der Waals surface area (Å²) in [6.45, 7) is 3.37. The fourth-order valence-corrected chi connectivity index (χ4v) is 1.43. The van der Waals surface area contributed by atoms with Crippen LogP contribution in [0.1, 0.15) is 25.3 Å². The summed E-state index contributed by atoms with van der Waals surface area (Å²) in [5.41, 5.74) is 5.40. The van der Waals surface area contributed by atoms with E-state index in [1.807, 2.05) is 6.92 Å². The lowest BCUT2D eigenvalue weighted by atomic mass is 10.1. The summed E-state index contributed by atoms with van der Waals surface area (Å²) < 4.78 is 26.9. The molecule has 17 heavy (non-hydrogen) atoms. The molecular formula is C12H16F2N2O. The summed E-state index contributed by atoms with van der Waals surface area (Å²) in [4.78, 5) is 11.5. The third-order valence-electron chi connectivity index (χ3n) is 2.47. The molecule has 3 N–H and O–H groups in total. The average Bonchev–Trinajstić information content (AvgIpc) is 2.29. The quantitative estimate of drug-likeness (QED) is 0.851. The molecule has 0 aromatic heterocycles. The minimum atomic E-state index is -0.801. The Hall–Kier alpha value is -1.49. The number of nitrogens with two attached hydrogens (primary N) is 1. The molecule has 3 nitrogen and oxygen atoms in total. The van der Waals surface area contributed by atoms with Crippen LogP contribution in [0, 0.1) is 18.6 Å². The molecular weight excluding hydrogens is 226 g/mol. The van der Waals surface area contributed by atoms with E-state index in [9.17, 15) is 13.6 Å². The van der Waals surface area contributed by atoms with Gasteiger partial charge in [0.25, 0.3) is 0 Å². The number of anilines is 1. The molecule has 0 aliphatic heterocycles. The molecule has 94 valence electrons. The third kappa shape index (κ3) is 3.23. The van der Waals surface area contributed by atoms with Crippen molar-refractivity contribution in [3.63, 3.8) is 0 Å². The van der Waals surface area contributed by atoms with Crippen molar-refractivity contribution in [3.8, 4) is 0 Å². The Bertz CT molecular complexity index is 421. The highest BCUT2D eigenvalue weighted by Crippen LogP contribution is 2.21. The van der Waals surface area contributed by atoms with Gasteiger partial charge in [0.05, 0.1) is 6.04 Å². The highest BCUT2D eigenvalue weighted by molar-refractivity contribution is 5.94. The smallest absolute Gasteiger partial charge is 0.241 e. The van der Waals surface area contributed by atoms with E-state index >= 15 is 0 Å². The molecule has 0 bridgehead atoms. The van der Waals surface area contributed by atoms with Crippen molar-refractivity contribution >= 4 is 11.6 Å². The Morgan fingerprint density at radius 3 is 2.71 bits per heavy atom. The summed E-state index contributed by atoms with van der Waals surface area (Å²) >= 11 is 0. The Balaban J connectivity index is 2.88. The first-order valence-electron chi connectivity index (χ1n) is 5.48. The van der Waals surface area contributed by atoms with Crippen molar-refractivity contribution in [2.75, 3.05) is 5.32 Å². The molecule has 0 unspecified atom stereocenters. The maximum absolute atomic E-state index is 13.6. The van der Waals surface area contributed by atoms with Crippen molar-refractivity contribution in [2.45, 2.75) is 32.7 Å². The van der Waals surface area contributed by atoms with Gasteiger partial charge in [-0.3, -0.25) is 4.79 Å². The Morgan fingerprint density at radius 2 is 2.12 bits per heavy atom. The zero-order valence-electron chi connectivity index (χ0n) is 9.89. The SMILES string of the molecule is CCC[C@@H](N)C(=O)Nc1c(F)ccc(C)c1F. The Labute approximate surface area is 99.0 Å². The van der Waals surface area contributed by atoms with Crippen LogP contribution in [0.4, 0.5) is 14.5 Å². The summed E-state index contributed by atoms with van der Waals surface area (Å²) in [6.07, 6.45) is 1.20. The molecule has 0 fully saturated rings. The number of carbonyl (C=O) groups is 1. The largest absolute Gasteiger partial charge is 0.320 e. The number of carbonyl (C=O) groups excluding carboxylic acids is 1. The first-order chi connectivity index (χ1) is 7.97. The van der Waals surface area contributed by atoms with Crippen LogP contribution in [0.25, 0.3) is 0 Å². The van der Waals surface area contributed by atoms with Crippen LogP contribution in [-0.2, 0) is 4.79 Å². The second-order valence-corrected chi connectivity index (χ2v) is 3.94. The lowest BCUT2D eigenvalue weighted by molar-refractivity contribution is -0.117. The molecule has 0 aliphatic rings. The molecule has 1 aromatic carbocycles. The lowest BCUT2D eigenvalue weighted by Gasteiger charge is -2.13. The first-order valence-corrected chi connectivity index (χ1v) is 5.48. The van der Waals surface area contributed by atoms with E-state index in [1.54, 1.807) is 0 Å². The van der Waals surface area contributed by atoms with E-state index < -0.39 is 29.3 Å². The zero-order valence-corrected chi connectivity index (χ0v) is 9.89. The molecule has 5 heteroatoms. The monoisotopic (exact) mass is 242 g/mol. The molecule has 0 saturated heterocycles. The Morgan fingerprint density at radius 1 is 1.47 bits per heavy atom. The van der Waals surface area contributed by atoms with Gasteiger partial charge in [-0.1, -0.05) is 19.4 Å². The lowest BCUT2D eigenvalue weighted by Crippen LogP contribution is -2.35. The van der Waals surface area contributed by atoms with Gasteiger partial charge in [-0.25, -0.2) is 8.78 Å². The normalized spacial score (nSPS) is 12.3. The summed E-state index contributed by atoms with van der Waals surface area (Å²) in [5.74, 6) is -2.14. The zero-order chi connectivity index (χ0) is 13.0. The maximum atomic E-state index is 13.6. The fourth-order valence-electron chi connectivity index (χ4n) is 1.43. The molecule has 0 saturated carbocycles. The van der Waals surface area contributed by atoms with Crippen LogP contribution in [0.2, 0.25) is 0 Å². The number of amides is 1. The number of rotatable bonds is 4. The van der Waals surface area contributed by atoms with E-state index in [1.165, 1.54) is 13.0 Å². The van der Waals surface area contributed by atoms with Crippen molar-refractivity contribution in [1.29, 1.82) is 0 Å². The minimum Gasteiger partial charge on any atom is -0.320 e. The number of hydrogen-bond donors (Lipinski definition) is 2. The molecule has 1 atom stereocenters. The van der Waals surface area contributed by atoms with Crippen molar-refractivity contribution in [1.82, 2.24) is 0 Å². The topological polar surface area (TPSA) is 55.1 Å². The van der Waals surface area contributed by atoms with Crippen LogP contribution in [0.15, 0.2) is 12.1 Å². The Kier molecular flexibility index (Phi) is 4.57. The third-order valence-corrected chi connectivity index (χ3v) is 2.47. The summed E-state index contributed by atoms with van der Waals surface area (Å²) in [7, 11) is 0. The van der Waals surface area contributed by atoms with Crippen LogP contribution < -0.4 is 11.1 Å². The fraction of sp³-hybridized carbons (Fsp3) is 0.417. The van der Waals surface area contributed by atoms with Crippen molar-refractivity contribution in [3.05, 3.63) is 29.3 Å². The van der Waals surface area contributed by atoms with E-state index in [-0.39, 0.29) is 5.56 Å². The summed E-state index contributed by atoms with van der Waals surface area (Å²) in [6, 6.07) is 1.67. The van der Waals surface area contributed by atoms with E-state index in [0.29, 0.717) is 6.42 Å². The van der Waals surface area contributed by atoms with Gasteiger partial charge in [-0.05, 0) is 25.0 Å². The number of aryl methyl sites for hydroxylation is 1. The predicted molar refractivity (Wildman–Crippen MR) is 62.6 cm³/mol. The van der Waals surface area contributed by atoms with Gasteiger partial charge in [-0.15, -0.1) is 0 Å². The minimum absolute atomic E-state index is 0.269. The predicted octanol–water partition coefficient (Wildman–Crippen LogP) is 2.34. The van der Waals surface area contributed by atoms with E-state index in [2.05, 4.69) is 5.32 Å². The first kappa shape index (κ1) is 13.6. The van der Waals surface area contributed by atoms with Crippen LogP contribution in [-0.4, -0.2) is 11.9 Å². The van der Waals surface area contributed by atoms with Gasteiger partial charge in [0.2, 0.25) is 5.91 Å². The van der Waals surface area contributed by atoms with Crippen molar-refractivity contribution in [2.24, 2.45) is 5.73 Å². The van der Waals surface area contributed by atoms with Crippen LogP contribution >= 0.6 is 0 Å². The second-order valence-electron chi connectivity index (χ2n) is 3.94. The van der Waals surface area contributed by atoms with Crippen LogP contribution in [0.3, 0.4) is 0 Å². The van der Waals surface area contributed by atoms with Gasteiger partial charge in [-0.2, -0.15) is 0 Å². The van der Waals surface area contributed by atoms with Crippen LogP contribution in [0.5, 0.6) is 0 Å². The van der Waals surface area contributed by atoms with E-state index in [4.69, 9.17) is 5.73 Å². The highest BCUT2D eigenvalue weighted by atomic mass is 19.1. The van der Waals surface area contributed by atoms with E-state index in [0.717, 1.165) is 12.5 Å². The molecule has 0 aliphatic carbocycles. The number of hydrogen-bond acceptors (Lipinski definition) is 2. The maximum Gasteiger partial charge on any atom is 0.241 e. The van der Waals surface area contributed by atoms with Gasteiger partial charge >= 0.3 is 0 Å². The second kappa shape index (κ2) is 5.72. The van der Waals surface area contributed by atoms with Gasteiger partial charge < -0.3 is 11.1 Å². The molecule has 1 rings (SSSR count). The highest BCUT2D eigenvalue weighted by Gasteiger charge is 2.18. The standard InChI is InChI=1S/C12H16F2N2O/c1-3-4-9(15)12(17)16-11-8(13)6-5-7(2)10(11)14/h5-6,9H,3-4,15H2,1-2H3,(H,16,17)/t9-/m1/s1. The number of benzene rings is 1. The molecule has 0 spiro atoms. The molecule has 0 radical (unpaired) electrons. The van der Waals surface area contributed by atoms with Gasteiger partial charge in [0, 0.05) is 0 Å². The van der Waals surface area contributed by atoms with Crippen molar-refractivity contribution < 1.29 is 13.6 Å². The van der Waals surface area contributed by atoms with Gasteiger partial charge in [0.15, 0.2) is 5.82 Å². The average molecular weight is 242 g/mol. The number of nitrogens with one attached hydrogen (secondary N) is 1. The van der Waals surface area contributed by atoms with Gasteiger partial charge in [0.1, 0.15) is 11.5 Å². The molecule has 1 aromatic rings. The summed E-state index contributed by atoms with van der Waals surface area (Å²) in [5, 5.41) is 2.19. The molecule has 0 heterocycles. The molecule has 1 amide bonds.